The molecule has 1 atom stereocenters. The van der Waals surface area contributed by atoms with Gasteiger partial charge in [-0.2, -0.15) is 0 Å². The highest BCUT2D eigenvalue weighted by atomic mass is 32.1. The molecule has 2 aromatic carbocycles. The van der Waals surface area contributed by atoms with Crippen LogP contribution in [0, 0.1) is 20.2 Å². The monoisotopic (exact) mass is 443 g/mol. The van der Waals surface area contributed by atoms with Gasteiger partial charge in [0.25, 0.3) is 23.2 Å². The zero-order valence-electron chi connectivity index (χ0n) is 16.4. The van der Waals surface area contributed by atoms with Gasteiger partial charge in [-0.05, 0) is 31.5 Å². The number of rotatable bonds is 7. The quantitative estimate of drug-likeness (QED) is 0.414. The van der Waals surface area contributed by atoms with Crippen molar-refractivity contribution in [1.82, 2.24) is 10.3 Å². The first kappa shape index (κ1) is 21.8. The second-order valence-corrected chi connectivity index (χ2v) is 7.72. The predicted octanol–water partition coefficient (Wildman–Crippen LogP) is 3.89. The Balaban J connectivity index is 1.85. The van der Waals surface area contributed by atoms with Crippen LogP contribution >= 0.6 is 11.3 Å². The summed E-state index contributed by atoms with van der Waals surface area (Å²) in [5.74, 6) is -1.00. The highest BCUT2D eigenvalue weighted by Gasteiger charge is 2.21. The molecule has 2 amide bonds. The van der Waals surface area contributed by atoms with Gasteiger partial charge in [-0.25, -0.2) is 4.98 Å². The molecule has 11 nitrogen and oxygen atoms in total. The van der Waals surface area contributed by atoms with Crippen LogP contribution in [0.5, 0.6) is 0 Å². The van der Waals surface area contributed by atoms with Crippen molar-refractivity contribution in [3.8, 4) is 0 Å². The maximum Gasteiger partial charge on any atom is 0.277 e. The number of nitrogens with one attached hydrogen (secondary N) is 2. The number of carbonyl (C=O) groups is 2. The molecule has 1 heterocycles. The molecular formula is C19H17N5O6S. The number of nitro groups is 2. The van der Waals surface area contributed by atoms with Crippen LogP contribution in [0.25, 0.3) is 10.2 Å². The summed E-state index contributed by atoms with van der Waals surface area (Å²) in [6.07, 6.45) is 0.792. The van der Waals surface area contributed by atoms with Crippen molar-refractivity contribution < 1.29 is 19.4 Å². The fraction of sp³-hybridized carbons (Fsp3) is 0.211. The summed E-state index contributed by atoms with van der Waals surface area (Å²) in [6.45, 7) is 3.86. The Morgan fingerprint density at radius 1 is 1.03 bits per heavy atom. The molecule has 0 saturated carbocycles. The van der Waals surface area contributed by atoms with E-state index in [-0.39, 0.29) is 22.6 Å². The van der Waals surface area contributed by atoms with Crippen molar-refractivity contribution in [2.75, 3.05) is 5.32 Å². The third-order valence-corrected chi connectivity index (χ3v) is 5.38. The molecule has 1 aromatic heterocycles. The number of hydrogen-bond donors (Lipinski definition) is 2. The minimum absolute atomic E-state index is 0.0264. The molecule has 0 aliphatic rings. The summed E-state index contributed by atoms with van der Waals surface area (Å²) in [5, 5.41) is 27.6. The fourth-order valence-electron chi connectivity index (χ4n) is 2.63. The van der Waals surface area contributed by atoms with Crippen LogP contribution in [-0.2, 0) is 0 Å². The van der Waals surface area contributed by atoms with E-state index >= 15 is 0 Å². The van der Waals surface area contributed by atoms with Gasteiger partial charge in [-0.15, -0.1) is 0 Å². The SMILES string of the molecule is CC[C@@H](C)NC(=O)c1ccc2nc(NC(=O)c3cc([N+](=O)[O-])cc([N+](=O)[O-])c3)sc2c1. The lowest BCUT2D eigenvalue weighted by atomic mass is 10.1. The topological polar surface area (TPSA) is 157 Å². The van der Waals surface area contributed by atoms with E-state index in [1.807, 2.05) is 13.8 Å². The van der Waals surface area contributed by atoms with Gasteiger partial charge in [0.1, 0.15) is 0 Å². The van der Waals surface area contributed by atoms with Gasteiger partial charge in [0.05, 0.1) is 31.7 Å². The van der Waals surface area contributed by atoms with Crippen LogP contribution in [0.3, 0.4) is 0 Å². The van der Waals surface area contributed by atoms with Gasteiger partial charge < -0.3 is 5.32 Å². The molecule has 3 aromatic rings. The molecule has 0 unspecified atom stereocenters. The Kier molecular flexibility index (Phi) is 6.20. The van der Waals surface area contributed by atoms with E-state index in [1.165, 1.54) is 0 Å². The summed E-state index contributed by atoms with van der Waals surface area (Å²) >= 11 is 1.11. The molecule has 0 bridgehead atoms. The van der Waals surface area contributed by atoms with Crippen LogP contribution in [0.15, 0.2) is 36.4 Å². The highest BCUT2D eigenvalue weighted by Crippen LogP contribution is 2.28. The van der Waals surface area contributed by atoms with Crippen molar-refractivity contribution >= 4 is 49.9 Å². The van der Waals surface area contributed by atoms with Crippen molar-refractivity contribution in [3.05, 3.63) is 67.8 Å². The number of nitrogens with zero attached hydrogens (tertiary/aromatic N) is 3. The molecule has 0 saturated heterocycles. The zero-order chi connectivity index (χ0) is 22.7. The predicted molar refractivity (Wildman–Crippen MR) is 115 cm³/mol. The number of nitro benzene ring substituents is 2. The van der Waals surface area contributed by atoms with E-state index in [0.717, 1.165) is 36.0 Å². The van der Waals surface area contributed by atoms with E-state index in [4.69, 9.17) is 0 Å². The number of fused-ring (bicyclic) bond motifs is 1. The summed E-state index contributed by atoms with van der Waals surface area (Å²) in [7, 11) is 0. The number of hydrogen-bond acceptors (Lipinski definition) is 8. The van der Waals surface area contributed by atoms with E-state index in [2.05, 4.69) is 15.6 Å². The molecule has 31 heavy (non-hydrogen) atoms. The normalized spacial score (nSPS) is 11.7. The minimum Gasteiger partial charge on any atom is -0.350 e. The Morgan fingerprint density at radius 2 is 1.68 bits per heavy atom. The number of thiazole rings is 1. The van der Waals surface area contributed by atoms with E-state index < -0.39 is 27.1 Å². The first-order valence-corrected chi connectivity index (χ1v) is 9.96. The molecule has 0 fully saturated rings. The number of benzene rings is 2. The highest BCUT2D eigenvalue weighted by molar-refractivity contribution is 7.22. The molecule has 2 N–H and O–H groups in total. The van der Waals surface area contributed by atoms with Crippen LogP contribution < -0.4 is 10.6 Å². The Labute approximate surface area is 179 Å². The maximum absolute atomic E-state index is 12.5. The summed E-state index contributed by atoms with van der Waals surface area (Å²) in [5.41, 5.74) is -0.385. The maximum atomic E-state index is 12.5. The number of amides is 2. The van der Waals surface area contributed by atoms with Crippen LogP contribution in [-0.4, -0.2) is 32.7 Å². The number of carbonyl (C=O) groups excluding carboxylic acids is 2. The van der Waals surface area contributed by atoms with Gasteiger partial charge >= 0.3 is 0 Å². The average Bonchev–Trinajstić information content (AvgIpc) is 3.14. The Hall–Kier alpha value is -3.93. The molecule has 0 aliphatic carbocycles. The summed E-state index contributed by atoms with van der Waals surface area (Å²) in [6, 6.07) is 7.62. The lowest BCUT2D eigenvalue weighted by Crippen LogP contribution is -2.31. The lowest BCUT2D eigenvalue weighted by molar-refractivity contribution is -0.394. The van der Waals surface area contributed by atoms with Gasteiger partial charge in [-0.3, -0.25) is 35.1 Å². The molecule has 0 aliphatic heterocycles. The molecule has 0 spiro atoms. The van der Waals surface area contributed by atoms with E-state index in [1.54, 1.807) is 18.2 Å². The number of non-ortho nitro benzene ring substituents is 2. The van der Waals surface area contributed by atoms with Crippen LogP contribution in [0.2, 0.25) is 0 Å². The van der Waals surface area contributed by atoms with Gasteiger partial charge in [0, 0.05) is 23.7 Å². The van der Waals surface area contributed by atoms with Crippen molar-refractivity contribution in [2.45, 2.75) is 26.3 Å². The average molecular weight is 443 g/mol. The largest absolute Gasteiger partial charge is 0.350 e. The third-order valence-electron chi connectivity index (χ3n) is 4.45. The van der Waals surface area contributed by atoms with Crippen molar-refractivity contribution in [3.63, 3.8) is 0 Å². The van der Waals surface area contributed by atoms with Gasteiger partial charge in [-0.1, -0.05) is 18.3 Å². The molecule has 160 valence electrons. The molecular weight excluding hydrogens is 426 g/mol. The lowest BCUT2D eigenvalue weighted by Gasteiger charge is -2.10. The van der Waals surface area contributed by atoms with Crippen LogP contribution in [0.1, 0.15) is 41.0 Å². The van der Waals surface area contributed by atoms with Crippen molar-refractivity contribution in [1.29, 1.82) is 0 Å². The third kappa shape index (κ3) is 4.98. The number of aromatic nitrogens is 1. The number of anilines is 1. The Bertz CT molecular complexity index is 1180. The first-order chi connectivity index (χ1) is 14.7. The second kappa shape index (κ2) is 8.83. The van der Waals surface area contributed by atoms with Crippen LogP contribution in [0.4, 0.5) is 16.5 Å². The summed E-state index contributed by atoms with van der Waals surface area (Å²) < 4.78 is 0.650. The zero-order valence-corrected chi connectivity index (χ0v) is 17.3. The fourth-order valence-corrected chi connectivity index (χ4v) is 3.54. The van der Waals surface area contributed by atoms with Gasteiger partial charge in [0.2, 0.25) is 0 Å². The molecule has 0 radical (unpaired) electrons. The van der Waals surface area contributed by atoms with Gasteiger partial charge in [0.15, 0.2) is 5.13 Å². The first-order valence-electron chi connectivity index (χ1n) is 9.14. The summed E-state index contributed by atoms with van der Waals surface area (Å²) in [4.78, 5) is 49.5. The standard InChI is InChI=1S/C19H17N5O6S/c1-3-10(2)20-17(25)11-4-5-15-16(8-11)31-19(21-15)22-18(26)12-6-13(23(27)28)9-14(7-12)24(29)30/h4-10H,3H2,1-2H3,(H,20,25)(H,21,22,26)/t10-/m1/s1. The second-order valence-electron chi connectivity index (χ2n) is 6.69. The van der Waals surface area contributed by atoms with E-state index in [9.17, 15) is 29.8 Å². The molecule has 12 heteroatoms. The van der Waals surface area contributed by atoms with E-state index in [0.29, 0.717) is 15.8 Å². The smallest absolute Gasteiger partial charge is 0.277 e. The minimum atomic E-state index is -0.812. The Morgan fingerprint density at radius 3 is 2.26 bits per heavy atom. The van der Waals surface area contributed by atoms with Crippen molar-refractivity contribution in [2.24, 2.45) is 0 Å². The molecule has 3 rings (SSSR count).